The van der Waals surface area contributed by atoms with Crippen LogP contribution in [0.2, 0.25) is 0 Å². The Morgan fingerprint density at radius 1 is 1.38 bits per heavy atom. The molecular weight excluding hydrogens is 282 g/mol. The van der Waals surface area contributed by atoms with E-state index in [2.05, 4.69) is 52.9 Å². The van der Waals surface area contributed by atoms with Crippen LogP contribution in [0, 0.1) is 5.92 Å². The molecule has 3 heterocycles. The highest BCUT2D eigenvalue weighted by molar-refractivity contribution is 7.10. The van der Waals surface area contributed by atoms with E-state index in [0.717, 1.165) is 23.3 Å². The number of hydrogen-bond donors (Lipinski definition) is 1. The number of thiophene rings is 1. The van der Waals surface area contributed by atoms with E-state index in [1.54, 1.807) is 11.3 Å². The van der Waals surface area contributed by atoms with Gasteiger partial charge in [0.15, 0.2) is 5.65 Å². The number of imidazole rings is 1. The Morgan fingerprint density at radius 3 is 2.71 bits per heavy atom. The van der Waals surface area contributed by atoms with Gasteiger partial charge in [0.05, 0.1) is 11.7 Å². The summed E-state index contributed by atoms with van der Waals surface area (Å²) in [5.74, 6) is 0.989. The second-order valence-electron chi connectivity index (χ2n) is 5.64. The van der Waals surface area contributed by atoms with E-state index in [0.29, 0.717) is 11.9 Å². The van der Waals surface area contributed by atoms with Gasteiger partial charge in [-0.1, -0.05) is 26.8 Å². The average molecular weight is 303 g/mol. The Balaban J connectivity index is 2.27. The van der Waals surface area contributed by atoms with E-state index >= 15 is 0 Å². The summed E-state index contributed by atoms with van der Waals surface area (Å²) >= 11 is 1.76. The van der Waals surface area contributed by atoms with Crippen molar-refractivity contribution >= 4 is 28.4 Å². The first kappa shape index (κ1) is 14.1. The molecule has 0 saturated heterocycles. The standard InChI is InChI=1S/C15H21N5S/c1-5-10-12-14(19(4)18-10)20(15(16)17-12)13(9(2)3)11-7-6-8-21-11/h6-9,13H,5H2,1-4H3,(H2,16,17). The highest BCUT2D eigenvalue weighted by Crippen LogP contribution is 2.35. The van der Waals surface area contributed by atoms with Crippen molar-refractivity contribution in [2.24, 2.45) is 13.0 Å². The first-order valence-electron chi connectivity index (χ1n) is 7.27. The Morgan fingerprint density at radius 2 is 2.14 bits per heavy atom. The minimum absolute atomic E-state index is 0.190. The molecule has 6 heteroatoms. The van der Waals surface area contributed by atoms with Gasteiger partial charge in [-0.05, 0) is 23.8 Å². The second kappa shape index (κ2) is 5.18. The number of nitrogen functional groups attached to an aromatic ring is 1. The minimum atomic E-state index is 0.190. The van der Waals surface area contributed by atoms with Gasteiger partial charge >= 0.3 is 0 Å². The van der Waals surface area contributed by atoms with Crippen molar-refractivity contribution in [3.63, 3.8) is 0 Å². The van der Waals surface area contributed by atoms with E-state index in [4.69, 9.17) is 5.73 Å². The van der Waals surface area contributed by atoms with E-state index in [1.807, 2.05) is 11.7 Å². The maximum Gasteiger partial charge on any atom is 0.203 e. The van der Waals surface area contributed by atoms with Gasteiger partial charge in [0.2, 0.25) is 5.95 Å². The summed E-state index contributed by atoms with van der Waals surface area (Å²) in [4.78, 5) is 5.88. The van der Waals surface area contributed by atoms with Crippen molar-refractivity contribution in [2.45, 2.75) is 33.2 Å². The monoisotopic (exact) mass is 303 g/mol. The van der Waals surface area contributed by atoms with Gasteiger partial charge < -0.3 is 5.73 Å². The van der Waals surface area contributed by atoms with Crippen LogP contribution in [0.1, 0.15) is 37.4 Å². The molecular formula is C15H21N5S. The van der Waals surface area contributed by atoms with Crippen molar-refractivity contribution in [1.82, 2.24) is 19.3 Å². The number of rotatable bonds is 4. The van der Waals surface area contributed by atoms with E-state index in [9.17, 15) is 0 Å². The zero-order valence-electron chi connectivity index (χ0n) is 12.9. The van der Waals surface area contributed by atoms with Crippen molar-refractivity contribution < 1.29 is 0 Å². The number of anilines is 1. The zero-order valence-corrected chi connectivity index (χ0v) is 13.7. The predicted molar refractivity (Wildman–Crippen MR) is 87.6 cm³/mol. The summed E-state index contributed by atoms with van der Waals surface area (Å²) in [6.07, 6.45) is 0.860. The lowest BCUT2D eigenvalue weighted by Gasteiger charge is -2.23. The van der Waals surface area contributed by atoms with E-state index < -0.39 is 0 Å². The zero-order chi connectivity index (χ0) is 15.1. The van der Waals surface area contributed by atoms with E-state index in [-0.39, 0.29) is 6.04 Å². The highest BCUT2D eigenvalue weighted by Gasteiger charge is 2.26. The Bertz CT molecular complexity index is 751. The summed E-state index contributed by atoms with van der Waals surface area (Å²) < 4.78 is 4.04. The molecule has 3 rings (SSSR count). The van der Waals surface area contributed by atoms with E-state index in [1.165, 1.54) is 4.88 Å². The largest absolute Gasteiger partial charge is 0.369 e. The fourth-order valence-electron chi connectivity index (χ4n) is 2.95. The SMILES string of the molecule is CCc1nn(C)c2c1nc(N)n2C(c1cccs1)C(C)C. The molecule has 0 aliphatic carbocycles. The molecule has 112 valence electrons. The number of nitrogens with two attached hydrogens (primary N) is 1. The van der Waals surface area contributed by atoms with Gasteiger partial charge in [-0.3, -0.25) is 9.25 Å². The van der Waals surface area contributed by atoms with Crippen molar-refractivity contribution in [1.29, 1.82) is 0 Å². The number of aromatic nitrogens is 4. The quantitative estimate of drug-likeness (QED) is 0.805. The molecule has 0 bridgehead atoms. The molecule has 3 aromatic heterocycles. The Labute approximate surface area is 128 Å². The summed E-state index contributed by atoms with van der Waals surface area (Å²) in [7, 11) is 1.96. The van der Waals surface area contributed by atoms with Crippen LogP contribution < -0.4 is 5.73 Å². The summed E-state index contributed by atoms with van der Waals surface area (Å²) in [5, 5.41) is 6.68. The summed E-state index contributed by atoms with van der Waals surface area (Å²) in [6.45, 7) is 6.52. The molecule has 1 unspecified atom stereocenters. The second-order valence-corrected chi connectivity index (χ2v) is 6.62. The van der Waals surface area contributed by atoms with Crippen molar-refractivity contribution in [3.05, 3.63) is 28.1 Å². The average Bonchev–Trinajstić information content (AvgIpc) is 3.11. The van der Waals surface area contributed by atoms with Crippen LogP contribution in [0.4, 0.5) is 5.95 Å². The first-order valence-corrected chi connectivity index (χ1v) is 8.15. The summed E-state index contributed by atoms with van der Waals surface area (Å²) in [5.41, 5.74) is 9.20. The Kier molecular flexibility index (Phi) is 3.49. The van der Waals surface area contributed by atoms with Crippen LogP contribution in [0.3, 0.4) is 0 Å². The van der Waals surface area contributed by atoms with Gasteiger partial charge in [-0.15, -0.1) is 11.3 Å². The highest BCUT2D eigenvalue weighted by atomic mass is 32.1. The minimum Gasteiger partial charge on any atom is -0.369 e. The number of nitrogens with zero attached hydrogens (tertiary/aromatic N) is 4. The van der Waals surface area contributed by atoms with Gasteiger partial charge in [-0.2, -0.15) is 5.10 Å². The van der Waals surface area contributed by atoms with Gasteiger partial charge in [0, 0.05) is 11.9 Å². The number of aryl methyl sites for hydroxylation is 2. The third-order valence-corrected chi connectivity index (χ3v) is 4.79. The number of hydrogen-bond acceptors (Lipinski definition) is 4. The lowest BCUT2D eigenvalue weighted by molar-refractivity contribution is 0.451. The van der Waals surface area contributed by atoms with Gasteiger partial charge in [0.25, 0.3) is 0 Å². The molecule has 3 aromatic rings. The lowest BCUT2D eigenvalue weighted by Crippen LogP contribution is -2.19. The maximum atomic E-state index is 6.25. The smallest absolute Gasteiger partial charge is 0.203 e. The molecule has 0 fully saturated rings. The molecule has 0 spiro atoms. The fourth-order valence-corrected chi connectivity index (χ4v) is 3.93. The number of fused-ring (bicyclic) bond motifs is 1. The van der Waals surface area contributed by atoms with Crippen LogP contribution >= 0.6 is 11.3 Å². The third-order valence-electron chi connectivity index (χ3n) is 3.84. The molecule has 21 heavy (non-hydrogen) atoms. The summed E-state index contributed by atoms with van der Waals surface area (Å²) in [6, 6.07) is 4.44. The molecule has 0 radical (unpaired) electrons. The van der Waals surface area contributed by atoms with Crippen molar-refractivity contribution in [3.8, 4) is 0 Å². The molecule has 1 atom stereocenters. The normalized spacial score (nSPS) is 13.4. The predicted octanol–water partition coefficient (Wildman–Crippen LogP) is 3.22. The molecule has 2 N–H and O–H groups in total. The molecule has 0 saturated carbocycles. The Hall–Kier alpha value is -1.82. The first-order chi connectivity index (χ1) is 10.0. The molecule has 0 aliphatic rings. The van der Waals surface area contributed by atoms with Gasteiger partial charge in [0.1, 0.15) is 5.52 Å². The molecule has 0 aliphatic heterocycles. The van der Waals surface area contributed by atoms with Crippen LogP contribution in [0.15, 0.2) is 17.5 Å². The lowest BCUT2D eigenvalue weighted by atomic mass is 10.0. The topological polar surface area (TPSA) is 61.7 Å². The van der Waals surface area contributed by atoms with Crippen LogP contribution in [0.25, 0.3) is 11.2 Å². The molecule has 0 aromatic carbocycles. The third kappa shape index (κ3) is 2.14. The van der Waals surface area contributed by atoms with Crippen LogP contribution in [-0.4, -0.2) is 19.3 Å². The maximum absolute atomic E-state index is 6.25. The van der Waals surface area contributed by atoms with Crippen molar-refractivity contribution in [2.75, 3.05) is 5.73 Å². The van der Waals surface area contributed by atoms with Crippen LogP contribution in [0.5, 0.6) is 0 Å². The fraction of sp³-hybridized carbons (Fsp3) is 0.467. The molecule has 5 nitrogen and oxygen atoms in total. The van der Waals surface area contributed by atoms with Gasteiger partial charge in [-0.25, -0.2) is 4.98 Å². The molecule has 0 amide bonds. The van der Waals surface area contributed by atoms with Crippen LogP contribution in [-0.2, 0) is 13.5 Å².